The summed E-state index contributed by atoms with van der Waals surface area (Å²) in [7, 11) is 1.45. The van der Waals surface area contributed by atoms with Crippen molar-refractivity contribution in [2.45, 2.75) is 24.1 Å². The Morgan fingerprint density at radius 1 is 1.47 bits per heavy atom. The van der Waals surface area contributed by atoms with Crippen LogP contribution >= 0.6 is 27.7 Å². The summed E-state index contributed by atoms with van der Waals surface area (Å²) in [4.78, 5) is 11.3. The van der Waals surface area contributed by atoms with Gasteiger partial charge in [-0.15, -0.1) is 0 Å². The van der Waals surface area contributed by atoms with Gasteiger partial charge in [-0.1, -0.05) is 28.1 Å². The first kappa shape index (κ1) is 14.9. The Kier molecular flexibility index (Phi) is 5.73. The van der Waals surface area contributed by atoms with E-state index in [1.54, 1.807) is 0 Å². The van der Waals surface area contributed by atoms with Gasteiger partial charge in [0.25, 0.3) is 0 Å². The molecular weight excluding hydrogens is 326 g/mol. The normalized spacial score (nSPS) is 23.1. The first-order chi connectivity index (χ1) is 9.20. The van der Waals surface area contributed by atoms with Gasteiger partial charge in [0, 0.05) is 34.5 Å². The molecule has 0 bridgehead atoms. The van der Waals surface area contributed by atoms with Crippen molar-refractivity contribution in [1.82, 2.24) is 5.32 Å². The minimum atomic E-state index is -0.124. The molecule has 3 nitrogen and oxygen atoms in total. The van der Waals surface area contributed by atoms with Crippen LogP contribution in [-0.4, -0.2) is 30.6 Å². The van der Waals surface area contributed by atoms with Crippen molar-refractivity contribution in [3.63, 3.8) is 0 Å². The maximum atomic E-state index is 11.3. The van der Waals surface area contributed by atoms with Crippen molar-refractivity contribution in [1.29, 1.82) is 0 Å². The van der Waals surface area contributed by atoms with E-state index in [1.807, 2.05) is 11.8 Å². The fourth-order valence-electron chi connectivity index (χ4n) is 2.27. The fraction of sp³-hybridized carbons (Fsp3) is 0.500. The second-order valence-electron chi connectivity index (χ2n) is 4.51. The molecule has 1 fully saturated rings. The largest absolute Gasteiger partial charge is 0.469 e. The van der Waals surface area contributed by atoms with Crippen molar-refractivity contribution in [3.05, 3.63) is 34.3 Å². The third kappa shape index (κ3) is 4.23. The van der Waals surface area contributed by atoms with Gasteiger partial charge in [0.2, 0.25) is 0 Å². The van der Waals surface area contributed by atoms with E-state index in [9.17, 15) is 4.79 Å². The molecule has 0 aliphatic carbocycles. The predicted molar refractivity (Wildman–Crippen MR) is 82.4 cm³/mol. The Morgan fingerprint density at radius 3 is 2.89 bits per heavy atom. The number of carbonyl (C=O) groups is 1. The van der Waals surface area contributed by atoms with Crippen molar-refractivity contribution in [2.75, 3.05) is 19.4 Å². The summed E-state index contributed by atoms with van der Waals surface area (Å²) in [6.07, 6.45) is 1.34. The van der Waals surface area contributed by atoms with Crippen LogP contribution in [0.1, 0.15) is 24.4 Å². The van der Waals surface area contributed by atoms with Crippen LogP contribution in [0.4, 0.5) is 0 Å². The molecule has 19 heavy (non-hydrogen) atoms. The average Bonchev–Trinajstić information content (AvgIpc) is 2.46. The maximum Gasteiger partial charge on any atom is 0.305 e. The number of methoxy groups -OCH3 is 1. The van der Waals surface area contributed by atoms with E-state index in [4.69, 9.17) is 4.74 Å². The summed E-state index contributed by atoms with van der Waals surface area (Å²) in [6.45, 7) is 1.01. The maximum absolute atomic E-state index is 11.3. The molecule has 0 spiro atoms. The Hall–Kier alpha value is -0.520. The number of thioether (sulfide) groups is 1. The molecule has 104 valence electrons. The van der Waals surface area contributed by atoms with Crippen molar-refractivity contribution < 1.29 is 9.53 Å². The van der Waals surface area contributed by atoms with E-state index in [-0.39, 0.29) is 5.97 Å². The molecule has 1 saturated heterocycles. The number of hydrogen-bond donors (Lipinski definition) is 1. The highest BCUT2D eigenvalue weighted by Crippen LogP contribution is 2.33. The summed E-state index contributed by atoms with van der Waals surface area (Å²) in [6, 6.07) is 8.72. The fourth-order valence-corrected chi connectivity index (χ4v) is 3.80. The van der Waals surface area contributed by atoms with Crippen molar-refractivity contribution in [2.24, 2.45) is 0 Å². The number of carbonyl (C=O) groups excluding carboxylic acids is 1. The van der Waals surface area contributed by atoms with Gasteiger partial charge < -0.3 is 10.1 Å². The van der Waals surface area contributed by atoms with Crippen LogP contribution in [0.2, 0.25) is 0 Å². The van der Waals surface area contributed by atoms with Crippen LogP contribution in [0.3, 0.4) is 0 Å². The molecule has 1 N–H and O–H groups in total. The Labute approximate surface area is 126 Å². The van der Waals surface area contributed by atoms with Crippen LogP contribution in [0.25, 0.3) is 0 Å². The van der Waals surface area contributed by atoms with Crippen LogP contribution in [-0.2, 0) is 9.53 Å². The van der Waals surface area contributed by atoms with Gasteiger partial charge in [-0.2, -0.15) is 11.8 Å². The van der Waals surface area contributed by atoms with Crippen LogP contribution in [0.15, 0.2) is 28.7 Å². The molecule has 1 aliphatic heterocycles. The highest BCUT2D eigenvalue weighted by molar-refractivity contribution is 9.10. The average molecular weight is 344 g/mol. The highest BCUT2D eigenvalue weighted by Gasteiger charge is 2.27. The molecule has 2 atom stereocenters. The molecule has 2 unspecified atom stereocenters. The first-order valence-corrected chi connectivity index (χ1v) is 8.22. The zero-order chi connectivity index (χ0) is 13.7. The first-order valence-electron chi connectivity index (χ1n) is 6.38. The van der Waals surface area contributed by atoms with Gasteiger partial charge in [0.1, 0.15) is 0 Å². The van der Waals surface area contributed by atoms with E-state index in [1.165, 1.54) is 12.7 Å². The standard InChI is InChI=1S/C14H18BrNO2S/c1-18-13(17)7-6-12-14(16-8-9-19-12)10-2-4-11(15)5-3-10/h2-5,12,14,16H,6-9H2,1H3. The van der Waals surface area contributed by atoms with Crippen LogP contribution < -0.4 is 5.32 Å². The number of nitrogens with one attached hydrogen (secondary N) is 1. The zero-order valence-electron chi connectivity index (χ0n) is 10.9. The number of hydrogen-bond acceptors (Lipinski definition) is 4. The SMILES string of the molecule is COC(=O)CCC1SCCNC1c1ccc(Br)cc1. The van der Waals surface area contributed by atoms with Gasteiger partial charge in [-0.3, -0.25) is 4.79 Å². The molecule has 0 saturated carbocycles. The summed E-state index contributed by atoms with van der Waals surface area (Å²) >= 11 is 5.40. The molecule has 0 amide bonds. The number of esters is 1. The lowest BCUT2D eigenvalue weighted by molar-refractivity contribution is -0.140. The van der Waals surface area contributed by atoms with Gasteiger partial charge in [0.05, 0.1) is 7.11 Å². The van der Waals surface area contributed by atoms with Crippen LogP contribution in [0, 0.1) is 0 Å². The summed E-state index contributed by atoms with van der Waals surface area (Å²) in [5, 5.41) is 3.98. The molecular formula is C14H18BrNO2S. The van der Waals surface area contributed by atoms with E-state index < -0.39 is 0 Å². The van der Waals surface area contributed by atoms with Crippen molar-refractivity contribution >= 4 is 33.7 Å². The molecule has 1 heterocycles. The number of rotatable bonds is 4. The molecule has 1 aromatic carbocycles. The molecule has 0 radical (unpaired) electrons. The molecule has 0 aromatic heterocycles. The van der Waals surface area contributed by atoms with E-state index in [2.05, 4.69) is 45.5 Å². The molecule has 5 heteroatoms. The van der Waals surface area contributed by atoms with Gasteiger partial charge >= 0.3 is 5.97 Å². The van der Waals surface area contributed by atoms with E-state index in [0.717, 1.165) is 23.2 Å². The summed E-state index contributed by atoms with van der Waals surface area (Å²) < 4.78 is 5.81. The second kappa shape index (κ2) is 7.31. The quantitative estimate of drug-likeness (QED) is 0.852. The van der Waals surface area contributed by atoms with Crippen LogP contribution in [0.5, 0.6) is 0 Å². The second-order valence-corrected chi connectivity index (χ2v) is 6.77. The summed E-state index contributed by atoms with van der Waals surface area (Å²) in [5.74, 6) is 0.972. The topological polar surface area (TPSA) is 38.3 Å². The Bertz CT molecular complexity index is 424. The molecule has 1 aliphatic rings. The molecule has 2 rings (SSSR count). The highest BCUT2D eigenvalue weighted by atomic mass is 79.9. The zero-order valence-corrected chi connectivity index (χ0v) is 13.3. The minimum Gasteiger partial charge on any atom is -0.469 e. The lowest BCUT2D eigenvalue weighted by Crippen LogP contribution is -2.37. The van der Waals surface area contributed by atoms with Gasteiger partial charge in [-0.05, 0) is 24.1 Å². The smallest absolute Gasteiger partial charge is 0.305 e. The number of benzene rings is 1. The van der Waals surface area contributed by atoms with Crippen molar-refractivity contribution in [3.8, 4) is 0 Å². The third-order valence-electron chi connectivity index (χ3n) is 3.26. The summed E-state index contributed by atoms with van der Waals surface area (Å²) in [5.41, 5.74) is 1.28. The Morgan fingerprint density at radius 2 is 2.21 bits per heavy atom. The number of halogens is 1. The lowest BCUT2D eigenvalue weighted by atomic mass is 10.00. The minimum absolute atomic E-state index is 0.124. The van der Waals surface area contributed by atoms with E-state index in [0.29, 0.717) is 17.7 Å². The lowest BCUT2D eigenvalue weighted by Gasteiger charge is -2.32. The monoisotopic (exact) mass is 343 g/mol. The predicted octanol–water partition coefficient (Wildman–Crippen LogP) is 3.15. The molecule has 1 aromatic rings. The third-order valence-corrected chi connectivity index (χ3v) is 5.16. The Balaban J connectivity index is 2.03. The van der Waals surface area contributed by atoms with Gasteiger partial charge in [-0.25, -0.2) is 0 Å². The number of ether oxygens (including phenoxy) is 1. The van der Waals surface area contributed by atoms with E-state index >= 15 is 0 Å². The van der Waals surface area contributed by atoms with Gasteiger partial charge in [0.15, 0.2) is 0 Å².